The summed E-state index contributed by atoms with van der Waals surface area (Å²) in [6.07, 6.45) is 1.56. The van der Waals surface area contributed by atoms with Gasteiger partial charge in [-0.05, 0) is 42.8 Å². The molecule has 1 N–H and O–H groups in total. The zero-order chi connectivity index (χ0) is 15.2. The van der Waals surface area contributed by atoms with E-state index in [1.54, 1.807) is 18.2 Å². The highest BCUT2D eigenvalue weighted by Gasteiger charge is 2.09. The molecule has 4 heteroatoms. The number of rotatable bonds is 3. The van der Waals surface area contributed by atoms with Crippen molar-refractivity contribution < 1.29 is 4.79 Å². The summed E-state index contributed by atoms with van der Waals surface area (Å²) in [5.74, 6) is -0.415. The number of carbonyl (C=O) groups excluding carboxylic acids is 1. The van der Waals surface area contributed by atoms with Crippen molar-refractivity contribution in [3.63, 3.8) is 0 Å². The van der Waals surface area contributed by atoms with E-state index in [9.17, 15) is 4.79 Å². The monoisotopic (exact) mass is 340 g/mol. The van der Waals surface area contributed by atoms with Gasteiger partial charge in [-0.2, -0.15) is 5.26 Å². The highest BCUT2D eigenvalue weighted by atomic mass is 79.9. The summed E-state index contributed by atoms with van der Waals surface area (Å²) in [6.45, 7) is 1.97. The fourth-order valence-corrected chi connectivity index (χ4v) is 2.16. The lowest BCUT2D eigenvalue weighted by Gasteiger charge is -2.04. The predicted octanol–water partition coefficient (Wildman–Crippen LogP) is 4.30. The number of anilines is 1. The maximum atomic E-state index is 12.1. The highest BCUT2D eigenvalue weighted by Crippen LogP contribution is 2.15. The van der Waals surface area contributed by atoms with Crippen LogP contribution in [0.25, 0.3) is 6.08 Å². The number of aryl methyl sites for hydroxylation is 1. The Labute approximate surface area is 132 Å². The Kier molecular flexibility index (Phi) is 4.91. The molecule has 0 radical (unpaired) electrons. The van der Waals surface area contributed by atoms with Gasteiger partial charge in [0.05, 0.1) is 0 Å². The molecule has 0 fully saturated rings. The van der Waals surface area contributed by atoms with E-state index in [2.05, 4.69) is 21.2 Å². The predicted molar refractivity (Wildman–Crippen MR) is 87.5 cm³/mol. The third kappa shape index (κ3) is 4.30. The van der Waals surface area contributed by atoms with Crippen LogP contribution in [0.4, 0.5) is 5.69 Å². The lowest BCUT2D eigenvalue weighted by molar-refractivity contribution is -0.112. The summed E-state index contributed by atoms with van der Waals surface area (Å²) in [5.41, 5.74) is 2.63. The molecule has 0 aliphatic rings. The maximum absolute atomic E-state index is 12.1. The van der Waals surface area contributed by atoms with Gasteiger partial charge in [0.15, 0.2) is 0 Å². The first-order valence-electron chi connectivity index (χ1n) is 6.34. The molecule has 0 saturated carbocycles. The summed E-state index contributed by atoms with van der Waals surface area (Å²) >= 11 is 3.36. The van der Waals surface area contributed by atoms with Gasteiger partial charge in [-0.1, -0.05) is 45.8 Å². The molecule has 0 atom stereocenters. The van der Waals surface area contributed by atoms with Crippen LogP contribution >= 0.6 is 15.9 Å². The van der Waals surface area contributed by atoms with Crippen LogP contribution in [0.3, 0.4) is 0 Å². The van der Waals surface area contributed by atoms with Crippen LogP contribution in [-0.4, -0.2) is 5.91 Å². The SMILES string of the molecule is Cc1ccc(NC(=O)/C(C#N)=C\c2cccc(Br)c2)cc1. The van der Waals surface area contributed by atoms with E-state index >= 15 is 0 Å². The molecular weight excluding hydrogens is 328 g/mol. The fraction of sp³-hybridized carbons (Fsp3) is 0.0588. The molecule has 104 valence electrons. The number of amides is 1. The molecule has 0 unspecified atom stereocenters. The Hall–Kier alpha value is -2.38. The topological polar surface area (TPSA) is 52.9 Å². The van der Waals surface area contributed by atoms with Crippen LogP contribution < -0.4 is 5.32 Å². The first kappa shape index (κ1) is 15.0. The Bertz CT molecular complexity index is 727. The van der Waals surface area contributed by atoms with Gasteiger partial charge in [0, 0.05) is 10.2 Å². The molecule has 0 aliphatic heterocycles. The van der Waals surface area contributed by atoms with Crippen molar-refractivity contribution in [2.75, 3.05) is 5.32 Å². The van der Waals surface area contributed by atoms with Crippen molar-refractivity contribution >= 4 is 33.6 Å². The van der Waals surface area contributed by atoms with Gasteiger partial charge in [-0.25, -0.2) is 0 Å². The molecule has 2 aromatic rings. The van der Waals surface area contributed by atoms with E-state index < -0.39 is 5.91 Å². The minimum absolute atomic E-state index is 0.0636. The van der Waals surface area contributed by atoms with Crippen LogP contribution in [0.15, 0.2) is 58.6 Å². The molecule has 1 amide bonds. The number of halogens is 1. The zero-order valence-electron chi connectivity index (χ0n) is 11.4. The number of nitrogens with zero attached hydrogens (tertiary/aromatic N) is 1. The van der Waals surface area contributed by atoms with Crippen molar-refractivity contribution in [3.05, 3.63) is 69.7 Å². The quantitative estimate of drug-likeness (QED) is 0.668. The van der Waals surface area contributed by atoms with Crippen molar-refractivity contribution in [1.29, 1.82) is 5.26 Å². The molecule has 21 heavy (non-hydrogen) atoms. The number of nitrogens with one attached hydrogen (secondary N) is 1. The fourth-order valence-electron chi connectivity index (χ4n) is 1.75. The molecule has 3 nitrogen and oxygen atoms in total. The van der Waals surface area contributed by atoms with Crippen LogP contribution in [-0.2, 0) is 4.79 Å². The minimum Gasteiger partial charge on any atom is -0.321 e. The molecule has 0 spiro atoms. The van der Waals surface area contributed by atoms with Crippen molar-refractivity contribution in [1.82, 2.24) is 0 Å². The average molecular weight is 341 g/mol. The zero-order valence-corrected chi connectivity index (χ0v) is 13.0. The van der Waals surface area contributed by atoms with E-state index in [0.717, 1.165) is 15.6 Å². The molecule has 2 aromatic carbocycles. The van der Waals surface area contributed by atoms with E-state index in [1.807, 2.05) is 49.4 Å². The second-order valence-electron chi connectivity index (χ2n) is 4.54. The van der Waals surface area contributed by atoms with Crippen LogP contribution in [0.5, 0.6) is 0 Å². The molecule has 0 aliphatic carbocycles. The third-order valence-corrected chi connectivity index (χ3v) is 3.33. The van der Waals surface area contributed by atoms with Gasteiger partial charge in [-0.3, -0.25) is 4.79 Å². The second-order valence-corrected chi connectivity index (χ2v) is 5.46. The lowest BCUT2D eigenvalue weighted by Crippen LogP contribution is -2.13. The number of benzene rings is 2. The second kappa shape index (κ2) is 6.87. The lowest BCUT2D eigenvalue weighted by atomic mass is 10.1. The van der Waals surface area contributed by atoms with Crippen molar-refractivity contribution in [2.45, 2.75) is 6.92 Å². The summed E-state index contributed by atoms with van der Waals surface area (Å²) in [4.78, 5) is 12.1. The summed E-state index contributed by atoms with van der Waals surface area (Å²) in [6, 6.07) is 16.8. The summed E-state index contributed by atoms with van der Waals surface area (Å²) < 4.78 is 0.896. The van der Waals surface area contributed by atoms with E-state index in [0.29, 0.717) is 5.69 Å². The largest absolute Gasteiger partial charge is 0.321 e. The minimum atomic E-state index is -0.415. The van der Waals surface area contributed by atoms with Crippen molar-refractivity contribution in [3.8, 4) is 6.07 Å². The summed E-state index contributed by atoms with van der Waals surface area (Å²) in [7, 11) is 0. The first-order valence-corrected chi connectivity index (χ1v) is 7.13. The Morgan fingerprint density at radius 3 is 2.57 bits per heavy atom. The summed E-state index contributed by atoms with van der Waals surface area (Å²) in [5, 5.41) is 11.9. The number of hydrogen-bond donors (Lipinski definition) is 1. The first-order chi connectivity index (χ1) is 10.1. The highest BCUT2D eigenvalue weighted by molar-refractivity contribution is 9.10. The van der Waals surface area contributed by atoms with Gasteiger partial charge >= 0.3 is 0 Å². The van der Waals surface area contributed by atoms with Gasteiger partial charge in [0.25, 0.3) is 5.91 Å². The van der Waals surface area contributed by atoms with Crippen LogP contribution in [0.1, 0.15) is 11.1 Å². The van der Waals surface area contributed by atoms with Gasteiger partial charge < -0.3 is 5.32 Å². The third-order valence-electron chi connectivity index (χ3n) is 2.83. The van der Waals surface area contributed by atoms with Crippen LogP contribution in [0, 0.1) is 18.3 Å². The molecule has 0 heterocycles. The van der Waals surface area contributed by atoms with E-state index in [4.69, 9.17) is 5.26 Å². The van der Waals surface area contributed by atoms with Gasteiger partial charge in [-0.15, -0.1) is 0 Å². The smallest absolute Gasteiger partial charge is 0.266 e. The number of hydrogen-bond acceptors (Lipinski definition) is 2. The number of nitriles is 1. The van der Waals surface area contributed by atoms with E-state index in [-0.39, 0.29) is 5.57 Å². The average Bonchev–Trinajstić information content (AvgIpc) is 2.47. The number of carbonyl (C=O) groups is 1. The van der Waals surface area contributed by atoms with Crippen molar-refractivity contribution in [2.24, 2.45) is 0 Å². The van der Waals surface area contributed by atoms with Crippen LogP contribution in [0.2, 0.25) is 0 Å². The molecule has 0 bridgehead atoms. The Morgan fingerprint density at radius 1 is 1.24 bits per heavy atom. The Balaban J connectivity index is 2.19. The van der Waals surface area contributed by atoms with E-state index in [1.165, 1.54) is 0 Å². The molecule has 0 aromatic heterocycles. The Morgan fingerprint density at radius 2 is 1.95 bits per heavy atom. The molecular formula is C17H13BrN2O. The van der Waals surface area contributed by atoms with Gasteiger partial charge in [0.2, 0.25) is 0 Å². The molecule has 2 rings (SSSR count). The standard InChI is InChI=1S/C17H13BrN2O/c1-12-5-7-16(8-6-12)20-17(21)14(11-19)9-13-3-2-4-15(18)10-13/h2-10H,1H3,(H,20,21)/b14-9-. The maximum Gasteiger partial charge on any atom is 0.266 e. The molecule has 0 saturated heterocycles. The normalized spacial score (nSPS) is 10.8. The van der Waals surface area contributed by atoms with Gasteiger partial charge in [0.1, 0.15) is 11.6 Å².